The summed E-state index contributed by atoms with van der Waals surface area (Å²) in [6, 6.07) is 7.32. The van der Waals surface area contributed by atoms with Crippen molar-refractivity contribution in [2.45, 2.75) is 13.5 Å². The molecule has 0 aliphatic rings. The molecule has 21 heavy (non-hydrogen) atoms. The quantitative estimate of drug-likeness (QED) is 0.847. The molecule has 0 aromatic carbocycles. The lowest BCUT2D eigenvalue weighted by Gasteiger charge is -2.10. The molecule has 6 heteroatoms. The number of pyridine rings is 2. The Hall–Kier alpha value is -2.63. The van der Waals surface area contributed by atoms with Crippen LogP contribution in [0.4, 0.5) is 5.69 Å². The number of amides is 1. The van der Waals surface area contributed by atoms with Crippen molar-refractivity contribution < 1.29 is 9.53 Å². The fourth-order valence-electron chi connectivity index (χ4n) is 1.86. The van der Waals surface area contributed by atoms with Gasteiger partial charge in [0.15, 0.2) is 0 Å². The van der Waals surface area contributed by atoms with E-state index in [1.165, 1.54) is 0 Å². The van der Waals surface area contributed by atoms with Crippen molar-refractivity contribution in [2.24, 2.45) is 0 Å². The zero-order valence-electron chi connectivity index (χ0n) is 12.1. The first kappa shape index (κ1) is 14.8. The molecule has 0 aliphatic carbocycles. The van der Waals surface area contributed by atoms with E-state index in [2.05, 4.69) is 20.6 Å². The van der Waals surface area contributed by atoms with Crippen LogP contribution in [0.5, 0.6) is 5.88 Å². The topological polar surface area (TPSA) is 76.1 Å². The lowest BCUT2D eigenvalue weighted by atomic mass is 10.2. The van der Waals surface area contributed by atoms with Crippen LogP contribution in [0.1, 0.15) is 23.0 Å². The number of carbonyl (C=O) groups excluding carboxylic acids is 1. The smallest absolute Gasteiger partial charge is 0.269 e. The summed E-state index contributed by atoms with van der Waals surface area (Å²) >= 11 is 0. The number of methoxy groups -OCH3 is 1. The highest BCUT2D eigenvalue weighted by Gasteiger charge is 2.07. The molecule has 0 spiro atoms. The van der Waals surface area contributed by atoms with Crippen molar-refractivity contribution in [2.75, 3.05) is 19.0 Å². The minimum atomic E-state index is -0.180. The number of carbonyl (C=O) groups is 1. The Labute approximate surface area is 123 Å². The second kappa shape index (κ2) is 7.23. The van der Waals surface area contributed by atoms with Gasteiger partial charge in [-0.05, 0) is 25.1 Å². The molecule has 2 aromatic rings. The largest absolute Gasteiger partial charge is 0.481 e. The first-order chi connectivity index (χ1) is 10.2. The van der Waals surface area contributed by atoms with Gasteiger partial charge in [0.2, 0.25) is 5.88 Å². The molecule has 2 heterocycles. The fourth-order valence-corrected chi connectivity index (χ4v) is 1.86. The van der Waals surface area contributed by atoms with Crippen LogP contribution in [-0.2, 0) is 6.54 Å². The van der Waals surface area contributed by atoms with Crippen molar-refractivity contribution >= 4 is 11.6 Å². The molecule has 0 radical (unpaired) electrons. The Morgan fingerprint density at radius 2 is 2.14 bits per heavy atom. The lowest BCUT2D eigenvalue weighted by molar-refractivity contribution is 0.0951. The number of hydrogen-bond acceptors (Lipinski definition) is 5. The minimum absolute atomic E-state index is 0.180. The van der Waals surface area contributed by atoms with Crippen LogP contribution in [0.2, 0.25) is 0 Å². The summed E-state index contributed by atoms with van der Waals surface area (Å²) in [5, 5.41) is 5.95. The maximum atomic E-state index is 11.7. The van der Waals surface area contributed by atoms with Crippen LogP contribution in [0.25, 0.3) is 0 Å². The first-order valence-corrected chi connectivity index (χ1v) is 6.70. The average Bonchev–Trinajstić information content (AvgIpc) is 2.53. The van der Waals surface area contributed by atoms with Crippen LogP contribution < -0.4 is 15.4 Å². The van der Waals surface area contributed by atoms with Gasteiger partial charge in [0, 0.05) is 36.7 Å². The zero-order valence-corrected chi connectivity index (χ0v) is 12.1. The van der Waals surface area contributed by atoms with Gasteiger partial charge in [0.1, 0.15) is 5.69 Å². The summed E-state index contributed by atoms with van der Waals surface area (Å²) in [4.78, 5) is 19.9. The summed E-state index contributed by atoms with van der Waals surface area (Å²) < 4.78 is 5.20. The molecular weight excluding hydrogens is 268 g/mol. The maximum Gasteiger partial charge on any atom is 0.269 e. The van der Waals surface area contributed by atoms with Crippen molar-refractivity contribution in [1.29, 1.82) is 0 Å². The molecule has 2 N–H and O–H groups in total. The van der Waals surface area contributed by atoms with Crippen molar-refractivity contribution in [3.05, 3.63) is 47.9 Å². The van der Waals surface area contributed by atoms with E-state index >= 15 is 0 Å². The summed E-state index contributed by atoms with van der Waals surface area (Å²) in [6.45, 7) is 3.00. The normalized spacial score (nSPS) is 10.0. The Bertz CT molecular complexity index is 616. The van der Waals surface area contributed by atoms with Gasteiger partial charge in [-0.15, -0.1) is 0 Å². The second-order valence-electron chi connectivity index (χ2n) is 4.31. The summed E-state index contributed by atoms with van der Waals surface area (Å²) in [7, 11) is 1.59. The zero-order chi connectivity index (χ0) is 15.1. The molecule has 0 saturated carbocycles. The van der Waals surface area contributed by atoms with Crippen LogP contribution in [0, 0.1) is 0 Å². The van der Waals surface area contributed by atoms with E-state index < -0.39 is 0 Å². The molecular formula is C15H18N4O2. The number of anilines is 1. The molecule has 1 amide bonds. The Balaban J connectivity index is 2.06. The minimum Gasteiger partial charge on any atom is -0.481 e. The van der Waals surface area contributed by atoms with Gasteiger partial charge in [-0.2, -0.15) is 0 Å². The van der Waals surface area contributed by atoms with Gasteiger partial charge in [0.05, 0.1) is 7.11 Å². The lowest BCUT2D eigenvalue weighted by Crippen LogP contribution is -2.23. The molecule has 110 valence electrons. The number of nitrogens with one attached hydrogen (secondary N) is 2. The van der Waals surface area contributed by atoms with Gasteiger partial charge < -0.3 is 15.4 Å². The first-order valence-electron chi connectivity index (χ1n) is 6.70. The predicted molar refractivity (Wildman–Crippen MR) is 80.4 cm³/mol. The number of hydrogen-bond donors (Lipinski definition) is 2. The van der Waals surface area contributed by atoms with Gasteiger partial charge in [-0.3, -0.25) is 9.78 Å². The highest BCUT2D eigenvalue weighted by Crippen LogP contribution is 2.16. The van der Waals surface area contributed by atoms with Crippen molar-refractivity contribution in [3.8, 4) is 5.88 Å². The van der Waals surface area contributed by atoms with Crippen LogP contribution in [0.3, 0.4) is 0 Å². The van der Waals surface area contributed by atoms with Gasteiger partial charge in [-0.1, -0.05) is 6.07 Å². The predicted octanol–water partition coefficient (Wildman–Crippen LogP) is 1.85. The number of aromatic nitrogens is 2. The van der Waals surface area contributed by atoms with Crippen molar-refractivity contribution in [3.63, 3.8) is 0 Å². The second-order valence-corrected chi connectivity index (χ2v) is 4.31. The molecule has 2 aromatic heterocycles. The van der Waals surface area contributed by atoms with E-state index in [0.717, 1.165) is 11.3 Å². The van der Waals surface area contributed by atoms with E-state index in [1.54, 1.807) is 25.6 Å². The maximum absolute atomic E-state index is 11.7. The number of nitrogens with zero attached hydrogens (tertiary/aromatic N) is 2. The highest BCUT2D eigenvalue weighted by molar-refractivity contribution is 5.93. The highest BCUT2D eigenvalue weighted by atomic mass is 16.5. The van der Waals surface area contributed by atoms with Crippen LogP contribution >= 0.6 is 0 Å². The third-order valence-electron chi connectivity index (χ3n) is 2.86. The Morgan fingerprint density at radius 1 is 1.29 bits per heavy atom. The fraction of sp³-hybridized carbons (Fsp3) is 0.267. The average molecular weight is 286 g/mol. The third kappa shape index (κ3) is 3.92. The molecule has 0 fully saturated rings. The van der Waals surface area contributed by atoms with Crippen LogP contribution in [0.15, 0.2) is 36.7 Å². The molecule has 0 saturated heterocycles. The summed E-state index contributed by atoms with van der Waals surface area (Å²) in [5.74, 6) is 0.406. The molecule has 0 bridgehead atoms. The molecule has 2 rings (SSSR count). The van der Waals surface area contributed by atoms with E-state index in [4.69, 9.17) is 4.74 Å². The van der Waals surface area contributed by atoms with E-state index in [-0.39, 0.29) is 5.91 Å². The summed E-state index contributed by atoms with van der Waals surface area (Å²) in [5.41, 5.74) is 2.15. The van der Waals surface area contributed by atoms with Crippen molar-refractivity contribution in [1.82, 2.24) is 15.3 Å². The van der Waals surface area contributed by atoms with E-state index in [0.29, 0.717) is 24.7 Å². The standard InChI is InChI=1S/C15H18N4O2/c1-3-16-14(20)13-9-12(6-8-17-13)19-10-11-5-4-7-18-15(11)21-2/h4-9H,3,10H2,1-2H3,(H,16,20)(H,17,19). The van der Waals surface area contributed by atoms with E-state index in [1.807, 2.05) is 25.1 Å². The van der Waals surface area contributed by atoms with E-state index in [9.17, 15) is 4.79 Å². The number of ether oxygens (including phenoxy) is 1. The molecule has 0 unspecified atom stereocenters. The van der Waals surface area contributed by atoms with Crippen LogP contribution in [-0.4, -0.2) is 29.5 Å². The summed E-state index contributed by atoms with van der Waals surface area (Å²) in [6.07, 6.45) is 3.29. The third-order valence-corrected chi connectivity index (χ3v) is 2.86. The monoisotopic (exact) mass is 286 g/mol. The number of rotatable bonds is 6. The van der Waals surface area contributed by atoms with Gasteiger partial charge >= 0.3 is 0 Å². The Kier molecular flexibility index (Phi) is 5.09. The van der Waals surface area contributed by atoms with Gasteiger partial charge in [0.25, 0.3) is 5.91 Å². The Morgan fingerprint density at radius 3 is 2.90 bits per heavy atom. The molecule has 6 nitrogen and oxygen atoms in total. The van der Waals surface area contributed by atoms with Gasteiger partial charge in [-0.25, -0.2) is 4.98 Å². The molecule has 0 atom stereocenters. The SMILES string of the molecule is CCNC(=O)c1cc(NCc2cccnc2OC)ccn1. The molecule has 0 aliphatic heterocycles.